The van der Waals surface area contributed by atoms with Gasteiger partial charge in [-0.1, -0.05) is 19.1 Å². The Morgan fingerprint density at radius 1 is 1.48 bits per heavy atom. The maximum absolute atomic E-state index is 10.8. The van der Waals surface area contributed by atoms with Crippen molar-refractivity contribution in [2.75, 3.05) is 19.8 Å². The minimum Gasteiger partial charge on any atom is -0.381 e. The van der Waals surface area contributed by atoms with Gasteiger partial charge in [0, 0.05) is 31.4 Å². The van der Waals surface area contributed by atoms with Crippen molar-refractivity contribution in [2.24, 2.45) is 5.92 Å². The number of non-ortho nitro benzene ring substituents is 1. The first kappa shape index (κ1) is 15.9. The van der Waals surface area contributed by atoms with E-state index in [1.807, 2.05) is 6.07 Å². The lowest BCUT2D eigenvalue weighted by molar-refractivity contribution is -0.384. The number of hydrogen-bond acceptors (Lipinski definition) is 4. The van der Waals surface area contributed by atoms with Gasteiger partial charge in [-0.15, -0.1) is 0 Å². The standard InChI is InChI=1S/C16H24N2O3/c1-2-16(14-5-3-6-15(11-14)18(19)20)17-9-4-10-21-12-13-7-8-13/h3,5-6,11,13,16-17H,2,4,7-10,12H2,1H3. The number of rotatable bonds is 10. The lowest BCUT2D eigenvalue weighted by Crippen LogP contribution is -2.23. The van der Waals surface area contributed by atoms with Crippen molar-refractivity contribution in [3.63, 3.8) is 0 Å². The highest BCUT2D eigenvalue weighted by Crippen LogP contribution is 2.28. The summed E-state index contributed by atoms with van der Waals surface area (Å²) in [4.78, 5) is 10.5. The van der Waals surface area contributed by atoms with Gasteiger partial charge in [-0.2, -0.15) is 0 Å². The number of benzene rings is 1. The Balaban J connectivity index is 1.73. The molecule has 0 amide bonds. The van der Waals surface area contributed by atoms with Gasteiger partial charge in [-0.05, 0) is 43.7 Å². The van der Waals surface area contributed by atoms with Gasteiger partial charge in [0.2, 0.25) is 0 Å². The molecule has 1 fully saturated rings. The van der Waals surface area contributed by atoms with Crippen molar-refractivity contribution in [3.8, 4) is 0 Å². The van der Waals surface area contributed by atoms with Crippen LogP contribution in [0.15, 0.2) is 24.3 Å². The van der Waals surface area contributed by atoms with Crippen molar-refractivity contribution in [2.45, 2.75) is 38.6 Å². The van der Waals surface area contributed by atoms with Gasteiger partial charge in [-0.3, -0.25) is 10.1 Å². The quantitative estimate of drug-likeness (QED) is 0.407. The fraction of sp³-hybridized carbons (Fsp3) is 0.625. The highest BCUT2D eigenvalue weighted by Gasteiger charge is 2.20. The van der Waals surface area contributed by atoms with Crippen molar-refractivity contribution in [1.82, 2.24) is 5.32 Å². The molecule has 0 spiro atoms. The molecular formula is C16H24N2O3. The molecule has 0 radical (unpaired) electrons. The third kappa shape index (κ3) is 5.44. The molecule has 1 aromatic rings. The third-order valence-corrected chi connectivity index (χ3v) is 3.80. The van der Waals surface area contributed by atoms with E-state index in [0.717, 1.165) is 44.1 Å². The van der Waals surface area contributed by atoms with Crippen molar-refractivity contribution in [3.05, 3.63) is 39.9 Å². The van der Waals surface area contributed by atoms with Crippen LogP contribution in [0.2, 0.25) is 0 Å². The normalized spacial score (nSPS) is 15.9. The summed E-state index contributed by atoms with van der Waals surface area (Å²) in [6, 6.07) is 7.04. The molecule has 1 unspecified atom stereocenters. The summed E-state index contributed by atoms with van der Waals surface area (Å²) in [5.41, 5.74) is 1.13. The minimum atomic E-state index is -0.345. The summed E-state index contributed by atoms with van der Waals surface area (Å²) >= 11 is 0. The first-order valence-corrected chi connectivity index (χ1v) is 7.76. The van der Waals surface area contributed by atoms with Crippen LogP contribution < -0.4 is 5.32 Å². The molecule has 2 rings (SSSR count). The summed E-state index contributed by atoms with van der Waals surface area (Å²) in [5, 5.41) is 14.3. The van der Waals surface area contributed by atoms with Crippen LogP contribution in [-0.4, -0.2) is 24.7 Å². The molecule has 1 saturated carbocycles. The average molecular weight is 292 g/mol. The molecule has 5 nitrogen and oxygen atoms in total. The Bertz CT molecular complexity index is 461. The molecule has 1 aliphatic rings. The second-order valence-corrected chi connectivity index (χ2v) is 5.64. The maximum atomic E-state index is 10.8. The van der Waals surface area contributed by atoms with Crippen molar-refractivity contribution >= 4 is 5.69 Å². The van der Waals surface area contributed by atoms with Gasteiger partial charge in [0.05, 0.1) is 4.92 Å². The van der Waals surface area contributed by atoms with Crippen molar-refractivity contribution in [1.29, 1.82) is 0 Å². The third-order valence-electron chi connectivity index (χ3n) is 3.80. The number of nitro benzene ring substituents is 1. The predicted molar refractivity (Wildman–Crippen MR) is 82.3 cm³/mol. The SMILES string of the molecule is CCC(NCCCOCC1CC1)c1cccc([N+](=O)[O-])c1. The minimum absolute atomic E-state index is 0.153. The lowest BCUT2D eigenvalue weighted by Gasteiger charge is -2.17. The Morgan fingerprint density at radius 3 is 2.95 bits per heavy atom. The van der Waals surface area contributed by atoms with Crippen LogP contribution in [0, 0.1) is 16.0 Å². The van der Waals surface area contributed by atoms with E-state index in [1.165, 1.54) is 18.9 Å². The van der Waals surface area contributed by atoms with E-state index in [-0.39, 0.29) is 16.7 Å². The molecule has 1 N–H and O–H groups in total. The zero-order chi connectivity index (χ0) is 15.1. The Hall–Kier alpha value is -1.46. The van der Waals surface area contributed by atoms with Gasteiger partial charge in [-0.25, -0.2) is 0 Å². The Morgan fingerprint density at radius 2 is 2.29 bits per heavy atom. The van der Waals surface area contributed by atoms with E-state index >= 15 is 0 Å². The molecule has 0 saturated heterocycles. The van der Waals surface area contributed by atoms with Crippen LogP contribution in [0.3, 0.4) is 0 Å². The van der Waals surface area contributed by atoms with E-state index in [2.05, 4.69) is 12.2 Å². The fourth-order valence-corrected chi connectivity index (χ4v) is 2.34. The van der Waals surface area contributed by atoms with E-state index in [4.69, 9.17) is 4.74 Å². The van der Waals surface area contributed by atoms with Crippen molar-refractivity contribution < 1.29 is 9.66 Å². The number of nitrogens with zero attached hydrogens (tertiary/aromatic N) is 1. The van der Waals surface area contributed by atoms with Crippen LogP contribution in [0.5, 0.6) is 0 Å². The molecule has 0 aliphatic heterocycles. The van der Waals surface area contributed by atoms with E-state index in [1.54, 1.807) is 12.1 Å². The topological polar surface area (TPSA) is 64.4 Å². The molecule has 0 bridgehead atoms. The van der Waals surface area contributed by atoms with E-state index in [9.17, 15) is 10.1 Å². The highest BCUT2D eigenvalue weighted by molar-refractivity contribution is 5.35. The van der Waals surface area contributed by atoms with Gasteiger partial charge in [0.25, 0.3) is 5.69 Å². The summed E-state index contributed by atoms with van der Waals surface area (Å²) in [6.07, 6.45) is 4.52. The van der Waals surface area contributed by atoms with Crippen LogP contribution >= 0.6 is 0 Å². The molecule has 1 atom stereocenters. The number of hydrogen-bond donors (Lipinski definition) is 1. The molecule has 116 valence electrons. The largest absolute Gasteiger partial charge is 0.381 e. The molecular weight excluding hydrogens is 268 g/mol. The average Bonchev–Trinajstić information content (AvgIpc) is 3.31. The van der Waals surface area contributed by atoms with Gasteiger partial charge in [0.1, 0.15) is 0 Å². The first-order valence-electron chi connectivity index (χ1n) is 7.76. The summed E-state index contributed by atoms with van der Waals surface area (Å²) in [6.45, 7) is 4.64. The predicted octanol–water partition coefficient (Wildman–Crippen LogP) is 3.45. The molecule has 0 heterocycles. The molecule has 5 heteroatoms. The zero-order valence-electron chi connectivity index (χ0n) is 12.6. The van der Waals surface area contributed by atoms with Crippen LogP contribution in [0.4, 0.5) is 5.69 Å². The van der Waals surface area contributed by atoms with Crippen LogP contribution in [0.25, 0.3) is 0 Å². The fourth-order valence-electron chi connectivity index (χ4n) is 2.34. The Labute approximate surface area is 125 Å². The molecule has 1 aliphatic carbocycles. The van der Waals surface area contributed by atoms with Crippen LogP contribution in [0.1, 0.15) is 44.2 Å². The lowest BCUT2D eigenvalue weighted by atomic mass is 10.0. The monoisotopic (exact) mass is 292 g/mol. The summed E-state index contributed by atoms with van der Waals surface area (Å²) in [5.74, 6) is 0.811. The maximum Gasteiger partial charge on any atom is 0.269 e. The number of nitro groups is 1. The van der Waals surface area contributed by atoms with E-state index < -0.39 is 0 Å². The van der Waals surface area contributed by atoms with Gasteiger partial charge >= 0.3 is 0 Å². The molecule has 21 heavy (non-hydrogen) atoms. The number of ether oxygens (including phenoxy) is 1. The summed E-state index contributed by atoms with van der Waals surface area (Å²) in [7, 11) is 0. The van der Waals surface area contributed by atoms with Gasteiger partial charge in [0.15, 0.2) is 0 Å². The van der Waals surface area contributed by atoms with E-state index in [0.29, 0.717) is 0 Å². The summed E-state index contributed by atoms with van der Waals surface area (Å²) < 4.78 is 5.60. The number of nitrogens with one attached hydrogen (secondary N) is 1. The first-order chi connectivity index (χ1) is 10.2. The second-order valence-electron chi connectivity index (χ2n) is 5.64. The highest BCUT2D eigenvalue weighted by atomic mass is 16.6. The Kier molecular flexibility index (Phi) is 6.14. The van der Waals surface area contributed by atoms with Crippen LogP contribution in [-0.2, 0) is 4.74 Å². The molecule has 1 aromatic carbocycles. The molecule has 0 aromatic heterocycles. The second kappa shape index (κ2) is 8.10. The zero-order valence-corrected chi connectivity index (χ0v) is 12.6. The van der Waals surface area contributed by atoms with Gasteiger partial charge < -0.3 is 10.1 Å². The smallest absolute Gasteiger partial charge is 0.269 e.